The summed E-state index contributed by atoms with van der Waals surface area (Å²) in [5.74, 6) is -0.0107. The molecule has 0 fully saturated rings. The van der Waals surface area contributed by atoms with Crippen LogP contribution < -0.4 is 10.6 Å². The molecule has 0 aliphatic heterocycles. The Morgan fingerprint density at radius 3 is 2.33 bits per heavy atom. The Bertz CT molecular complexity index is 962. The fourth-order valence-electron chi connectivity index (χ4n) is 2.96. The number of hydrogen-bond acceptors (Lipinski definition) is 4. The number of nitrogens with zero attached hydrogens (tertiary/aromatic N) is 1. The number of aliphatic imine (C=N–C) groups is 1. The van der Waals surface area contributed by atoms with Gasteiger partial charge in [-0.2, -0.15) is 0 Å². The summed E-state index contributed by atoms with van der Waals surface area (Å²) in [6.45, 7) is 4.14. The lowest BCUT2D eigenvalue weighted by molar-refractivity contribution is 0.121. The van der Waals surface area contributed by atoms with Crippen molar-refractivity contribution >= 4 is 15.8 Å². The van der Waals surface area contributed by atoms with Crippen LogP contribution in [0.5, 0.6) is 0 Å². The summed E-state index contributed by atoms with van der Waals surface area (Å²) in [6.07, 6.45) is 2.13. The highest BCUT2D eigenvalue weighted by molar-refractivity contribution is 7.89. The molecule has 0 atom stereocenters. The molecular weight excluding hydrogens is 405 g/mol. The van der Waals surface area contributed by atoms with Crippen LogP contribution in [-0.2, 0) is 40.0 Å². The van der Waals surface area contributed by atoms with Crippen molar-refractivity contribution in [3.63, 3.8) is 0 Å². The molecule has 0 aromatic heterocycles. The molecule has 0 radical (unpaired) electrons. The van der Waals surface area contributed by atoms with E-state index in [9.17, 15) is 12.8 Å². The Labute approximate surface area is 178 Å². The minimum Gasteiger partial charge on any atom is -0.377 e. The van der Waals surface area contributed by atoms with Crippen LogP contribution in [0.1, 0.15) is 35.6 Å². The summed E-state index contributed by atoms with van der Waals surface area (Å²) in [5, 5.41) is 6.37. The van der Waals surface area contributed by atoms with E-state index in [0.717, 1.165) is 23.8 Å². The van der Waals surface area contributed by atoms with Gasteiger partial charge in [0.05, 0.1) is 12.4 Å². The predicted molar refractivity (Wildman–Crippen MR) is 118 cm³/mol. The Balaban J connectivity index is 2.01. The molecule has 0 amide bonds. The minimum absolute atomic E-state index is 0.137. The summed E-state index contributed by atoms with van der Waals surface area (Å²) in [6, 6.07) is 12.1. The largest absolute Gasteiger partial charge is 0.377 e. The summed E-state index contributed by atoms with van der Waals surface area (Å²) in [7, 11) is -1.58. The normalized spacial score (nSPS) is 12.1. The molecule has 2 rings (SSSR count). The molecule has 2 aromatic rings. The molecule has 2 aromatic carbocycles. The van der Waals surface area contributed by atoms with Crippen LogP contribution in [0, 0.1) is 5.82 Å². The highest BCUT2D eigenvalue weighted by Crippen LogP contribution is 2.15. The van der Waals surface area contributed by atoms with Gasteiger partial charge in [0.15, 0.2) is 15.8 Å². The van der Waals surface area contributed by atoms with Crippen molar-refractivity contribution in [3.8, 4) is 0 Å². The highest BCUT2D eigenvalue weighted by Gasteiger charge is 2.11. The monoisotopic (exact) mass is 435 g/mol. The van der Waals surface area contributed by atoms with Gasteiger partial charge in [-0.15, -0.1) is 0 Å². The van der Waals surface area contributed by atoms with Crippen molar-refractivity contribution in [1.29, 1.82) is 0 Å². The number of guanidine groups is 1. The van der Waals surface area contributed by atoms with E-state index in [2.05, 4.69) is 22.5 Å². The van der Waals surface area contributed by atoms with E-state index >= 15 is 0 Å². The summed E-state index contributed by atoms with van der Waals surface area (Å²) in [4.78, 5) is 4.20. The number of hydrogen-bond donors (Lipinski definition) is 2. The first-order valence-electron chi connectivity index (χ1n) is 9.86. The zero-order chi connectivity index (χ0) is 22.0. The van der Waals surface area contributed by atoms with Crippen molar-refractivity contribution in [1.82, 2.24) is 10.6 Å². The molecule has 0 heterocycles. The third kappa shape index (κ3) is 8.12. The number of benzene rings is 2. The van der Waals surface area contributed by atoms with Crippen LogP contribution in [-0.4, -0.2) is 34.3 Å². The maximum absolute atomic E-state index is 13.7. The Hall–Kier alpha value is -2.45. The van der Waals surface area contributed by atoms with Gasteiger partial charge in [0, 0.05) is 33.0 Å². The second-order valence-electron chi connectivity index (χ2n) is 7.08. The molecule has 6 nitrogen and oxygen atoms in total. The first-order chi connectivity index (χ1) is 14.3. The molecular formula is C22H30FN3O3S. The molecule has 0 saturated carbocycles. The van der Waals surface area contributed by atoms with Gasteiger partial charge in [-0.3, -0.25) is 4.99 Å². The summed E-state index contributed by atoms with van der Waals surface area (Å²) >= 11 is 0. The standard InChI is InChI=1S/C22H30FN3O3S/c1-4-11-29-15-18-8-6-5-7-17(18)13-25-22(24-2)26-14-20-12-21(23)10-9-19(20)16-30(3,27)28/h5-10,12H,4,11,13-16H2,1-3H3,(H2,24,25,26). The van der Waals surface area contributed by atoms with E-state index in [1.165, 1.54) is 18.2 Å². The topological polar surface area (TPSA) is 79.8 Å². The molecule has 2 N–H and O–H groups in total. The van der Waals surface area contributed by atoms with Gasteiger partial charge in [0.2, 0.25) is 0 Å². The van der Waals surface area contributed by atoms with E-state index in [0.29, 0.717) is 36.8 Å². The van der Waals surface area contributed by atoms with E-state index in [-0.39, 0.29) is 12.3 Å². The van der Waals surface area contributed by atoms with Crippen LogP contribution in [0.15, 0.2) is 47.5 Å². The van der Waals surface area contributed by atoms with Gasteiger partial charge in [-0.25, -0.2) is 12.8 Å². The summed E-state index contributed by atoms with van der Waals surface area (Å²) < 4.78 is 42.7. The van der Waals surface area contributed by atoms with Gasteiger partial charge in [0.1, 0.15) is 5.82 Å². The van der Waals surface area contributed by atoms with Crippen LogP contribution in [0.3, 0.4) is 0 Å². The van der Waals surface area contributed by atoms with Crippen molar-refractivity contribution in [3.05, 3.63) is 70.5 Å². The zero-order valence-electron chi connectivity index (χ0n) is 17.7. The van der Waals surface area contributed by atoms with Crippen LogP contribution in [0.2, 0.25) is 0 Å². The highest BCUT2D eigenvalue weighted by atomic mass is 32.2. The average molecular weight is 436 g/mol. The van der Waals surface area contributed by atoms with Crippen LogP contribution in [0.25, 0.3) is 0 Å². The molecule has 164 valence electrons. The van der Waals surface area contributed by atoms with Crippen molar-refractivity contribution < 1.29 is 17.5 Å². The third-order valence-electron chi connectivity index (χ3n) is 4.43. The molecule has 0 spiro atoms. The lowest BCUT2D eigenvalue weighted by Gasteiger charge is -2.16. The second kappa shape index (κ2) is 11.7. The number of halogens is 1. The van der Waals surface area contributed by atoms with Gasteiger partial charge in [-0.05, 0) is 40.8 Å². The number of rotatable bonds is 10. The molecule has 0 aliphatic carbocycles. The first-order valence-corrected chi connectivity index (χ1v) is 11.9. The maximum atomic E-state index is 13.7. The van der Waals surface area contributed by atoms with E-state index < -0.39 is 15.7 Å². The van der Waals surface area contributed by atoms with Crippen molar-refractivity contribution in [2.75, 3.05) is 19.9 Å². The minimum atomic E-state index is -3.23. The van der Waals surface area contributed by atoms with Crippen molar-refractivity contribution in [2.24, 2.45) is 4.99 Å². The lowest BCUT2D eigenvalue weighted by Crippen LogP contribution is -2.36. The van der Waals surface area contributed by atoms with Crippen LogP contribution >= 0.6 is 0 Å². The van der Waals surface area contributed by atoms with Gasteiger partial charge in [0.25, 0.3) is 0 Å². The fourth-order valence-corrected chi connectivity index (χ4v) is 3.80. The number of ether oxygens (including phenoxy) is 1. The third-order valence-corrected chi connectivity index (χ3v) is 5.26. The van der Waals surface area contributed by atoms with Crippen LogP contribution in [0.4, 0.5) is 4.39 Å². The number of sulfone groups is 1. The Kier molecular flexibility index (Phi) is 9.26. The number of nitrogens with one attached hydrogen (secondary N) is 2. The second-order valence-corrected chi connectivity index (χ2v) is 9.22. The molecule has 0 bridgehead atoms. The average Bonchev–Trinajstić information content (AvgIpc) is 2.70. The maximum Gasteiger partial charge on any atom is 0.191 e. The molecule has 0 aliphatic rings. The molecule has 30 heavy (non-hydrogen) atoms. The Morgan fingerprint density at radius 2 is 1.70 bits per heavy atom. The molecule has 8 heteroatoms. The quantitative estimate of drug-likeness (QED) is 0.340. The zero-order valence-corrected chi connectivity index (χ0v) is 18.6. The first kappa shape index (κ1) is 23.8. The Morgan fingerprint density at radius 1 is 1.03 bits per heavy atom. The predicted octanol–water partition coefficient (Wildman–Crippen LogP) is 3.16. The molecule has 0 saturated heterocycles. The molecule has 0 unspecified atom stereocenters. The van der Waals surface area contributed by atoms with E-state index in [4.69, 9.17) is 4.74 Å². The SMILES string of the molecule is CCCOCc1ccccc1CNC(=NC)NCc1cc(F)ccc1CS(C)(=O)=O. The smallest absolute Gasteiger partial charge is 0.191 e. The van der Waals surface area contributed by atoms with Gasteiger partial charge >= 0.3 is 0 Å². The van der Waals surface area contributed by atoms with Gasteiger partial charge in [-0.1, -0.05) is 37.3 Å². The van der Waals surface area contributed by atoms with Gasteiger partial charge < -0.3 is 15.4 Å². The lowest BCUT2D eigenvalue weighted by atomic mass is 10.1. The summed E-state index contributed by atoms with van der Waals surface area (Å²) in [5.41, 5.74) is 3.35. The fraction of sp³-hybridized carbons (Fsp3) is 0.409. The van der Waals surface area contributed by atoms with Crippen molar-refractivity contribution in [2.45, 2.75) is 38.8 Å². The van der Waals surface area contributed by atoms with E-state index in [1.54, 1.807) is 7.05 Å². The van der Waals surface area contributed by atoms with E-state index in [1.807, 2.05) is 24.3 Å².